The smallest absolute Gasteiger partial charge is 0.249 e. The Balaban J connectivity index is 1.82. The van der Waals surface area contributed by atoms with Gasteiger partial charge in [-0.25, -0.2) is 0 Å². The van der Waals surface area contributed by atoms with Gasteiger partial charge in [0.1, 0.15) is 12.1 Å². The van der Waals surface area contributed by atoms with Crippen LogP contribution < -0.4 is 5.32 Å². The van der Waals surface area contributed by atoms with E-state index in [1.165, 1.54) is 0 Å². The van der Waals surface area contributed by atoms with Gasteiger partial charge < -0.3 is 15.0 Å². The molecule has 18 heavy (non-hydrogen) atoms. The zero-order chi connectivity index (χ0) is 12.6. The van der Waals surface area contributed by atoms with E-state index >= 15 is 0 Å². The maximum absolute atomic E-state index is 12.7. The molecule has 1 atom stereocenters. The van der Waals surface area contributed by atoms with Gasteiger partial charge in [-0.05, 0) is 19.3 Å². The summed E-state index contributed by atoms with van der Waals surface area (Å²) in [6.07, 6.45) is 5.66. The Morgan fingerprint density at radius 1 is 1.22 bits per heavy atom. The van der Waals surface area contributed by atoms with Crippen LogP contribution in [0.25, 0.3) is 0 Å². The van der Waals surface area contributed by atoms with Crippen molar-refractivity contribution in [2.75, 3.05) is 19.8 Å². The lowest BCUT2D eigenvalue weighted by Crippen LogP contribution is -2.68. The van der Waals surface area contributed by atoms with E-state index in [2.05, 4.69) is 5.32 Å². The average molecular weight is 252 g/mol. The predicted octanol–water partition coefficient (Wildman–Crippen LogP) is 0.437. The largest absolute Gasteiger partial charge is 0.379 e. The molecule has 5 nitrogen and oxygen atoms in total. The lowest BCUT2D eigenvalue weighted by atomic mass is 9.79. The SMILES string of the molecule is O=C1CN(C2CCOC2)C(=O)C2(CCCCC2)N1. The van der Waals surface area contributed by atoms with Gasteiger partial charge in [0.25, 0.3) is 0 Å². The van der Waals surface area contributed by atoms with Crippen LogP contribution in [0.4, 0.5) is 0 Å². The second-order valence-corrected chi connectivity index (χ2v) is 5.64. The first-order valence-corrected chi connectivity index (χ1v) is 6.91. The van der Waals surface area contributed by atoms with Crippen molar-refractivity contribution in [1.82, 2.24) is 10.2 Å². The Bertz CT molecular complexity index is 357. The topological polar surface area (TPSA) is 58.6 Å². The molecular formula is C13H20N2O3. The lowest BCUT2D eigenvalue weighted by Gasteiger charge is -2.45. The Labute approximate surface area is 107 Å². The van der Waals surface area contributed by atoms with Crippen LogP contribution in [0.2, 0.25) is 0 Å². The molecule has 0 radical (unpaired) electrons. The number of nitrogens with zero attached hydrogens (tertiary/aromatic N) is 1. The molecule has 2 saturated heterocycles. The van der Waals surface area contributed by atoms with E-state index in [1.54, 1.807) is 4.90 Å². The molecule has 3 rings (SSSR count). The number of hydrogen-bond acceptors (Lipinski definition) is 3. The quantitative estimate of drug-likeness (QED) is 0.736. The molecule has 0 aromatic rings. The van der Waals surface area contributed by atoms with Gasteiger partial charge in [0.2, 0.25) is 11.8 Å². The van der Waals surface area contributed by atoms with Crippen LogP contribution in [0.5, 0.6) is 0 Å². The number of piperazine rings is 1. The Hall–Kier alpha value is -1.10. The summed E-state index contributed by atoms with van der Waals surface area (Å²) in [5, 5.41) is 2.96. The van der Waals surface area contributed by atoms with Crippen molar-refractivity contribution in [3.8, 4) is 0 Å². The van der Waals surface area contributed by atoms with Crippen LogP contribution in [-0.2, 0) is 14.3 Å². The molecule has 2 heterocycles. The van der Waals surface area contributed by atoms with Crippen LogP contribution in [0.1, 0.15) is 38.5 Å². The minimum Gasteiger partial charge on any atom is -0.379 e. The Morgan fingerprint density at radius 2 is 2.00 bits per heavy atom. The highest BCUT2D eigenvalue weighted by atomic mass is 16.5. The highest BCUT2D eigenvalue weighted by Crippen LogP contribution is 2.33. The second-order valence-electron chi connectivity index (χ2n) is 5.64. The van der Waals surface area contributed by atoms with Crippen LogP contribution >= 0.6 is 0 Å². The number of hydrogen-bond donors (Lipinski definition) is 1. The zero-order valence-electron chi connectivity index (χ0n) is 10.6. The number of rotatable bonds is 1. The molecule has 1 saturated carbocycles. The number of carbonyl (C=O) groups excluding carboxylic acids is 2. The van der Waals surface area contributed by atoms with Gasteiger partial charge in [0.05, 0.1) is 12.6 Å². The summed E-state index contributed by atoms with van der Waals surface area (Å²) in [4.78, 5) is 26.4. The Morgan fingerprint density at radius 3 is 2.67 bits per heavy atom. The van der Waals surface area contributed by atoms with Gasteiger partial charge in [-0.2, -0.15) is 0 Å². The predicted molar refractivity (Wildman–Crippen MR) is 64.9 cm³/mol. The fraction of sp³-hybridized carbons (Fsp3) is 0.846. The van der Waals surface area contributed by atoms with Crippen molar-refractivity contribution >= 4 is 11.8 Å². The molecule has 3 aliphatic rings. The summed E-state index contributed by atoms with van der Waals surface area (Å²) in [6, 6.07) is 0.0994. The van der Waals surface area contributed by atoms with E-state index in [4.69, 9.17) is 4.74 Å². The number of amides is 2. The number of nitrogens with one attached hydrogen (secondary N) is 1. The third-order valence-electron chi connectivity index (χ3n) is 4.42. The maximum atomic E-state index is 12.7. The van der Waals surface area contributed by atoms with E-state index in [0.717, 1.165) is 38.5 Å². The van der Waals surface area contributed by atoms with Crippen molar-refractivity contribution in [2.24, 2.45) is 0 Å². The molecule has 5 heteroatoms. The summed E-state index contributed by atoms with van der Waals surface area (Å²) in [5.74, 6) is 0.112. The first-order valence-electron chi connectivity index (χ1n) is 6.91. The maximum Gasteiger partial charge on any atom is 0.249 e. The standard InChI is InChI=1S/C13H20N2O3/c16-11-8-15(10-4-7-18-9-10)12(17)13(14-11)5-2-1-3-6-13/h10H,1-9H2,(H,14,16). The van der Waals surface area contributed by atoms with E-state index in [-0.39, 0.29) is 24.4 Å². The molecule has 2 amide bonds. The van der Waals surface area contributed by atoms with Gasteiger partial charge in [-0.15, -0.1) is 0 Å². The minimum absolute atomic E-state index is 0.0107. The van der Waals surface area contributed by atoms with Crippen molar-refractivity contribution in [1.29, 1.82) is 0 Å². The van der Waals surface area contributed by atoms with E-state index in [0.29, 0.717) is 13.2 Å². The molecule has 3 fully saturated rings. The van der Waals surface area contributed by atoms with Crippen molar-refractivity contribution in [2.45, 2.75) is 50.1 Å². The highest BCUT2D eigenvalue weighted by molar-refractivity contribution is 5.98. The summed E-state index contributed by atoms with van der Waals surface area (Å²) >= 11 is 0. The average Bonchev–Trinajstić information content (AvgIpc) is 2.89. The summed E-state index contributed by atoms with van der Waals surface area (Å²) in [7, 11) is 0. The van der Waals surface area contributed by atoms with Crippen LogP contribution in [0.15, 0.2) is 0 Å². The van der Waals surface area contributed by atoms with Gasteiger partial charge >= 0.3 is 0 Å². The molecule has 2 aliphatic heterocycles. The van der Waals surface area contributed by atoms with Gasteiger partial charge in [-0.1, -0.05) is 19.3 Å². The molecule has 0 aromatic heterocycles. The van der Waals surface area contributed by atoms with Gasteiger partial charge in [0.15, 0.2) is 0 Å². The number of carbonyl (C=O) groups is 2. The molecule has 0 aromatic carbocycles. The highest BCUT2D eigenvalue weighted by Gasteiger charge is 2.48. The van der Waals surface area contributed by atoms with Crippen molar-refractivity contribution in [3.05, 3.63) is 0 Å². The van der Waals surface area contributed by atoms with Crippen molar-refractivity contribution < 1.29 is 14.3 Å². The van der Waals surface area contributed by atoms with Crippen LogP contribution in [0.3, 0.4) is 0 Å². The van der Waals surface area contributed by atoms with Gasteiger partial charge in [-0.3, -0.25) is 9.59 Å². The molecule has 1 spiro atoms. The molecule has 100 valence electrons. The van der Waals surface area contributed by atoms with E-state index in [1.807, 2.05) is 0 Å². The van der Waals surface area contributed by atoms with E-state index < -0.39 is 5.54 Å². The summed E-state index contributed by atoms with van der Waals surface area (Å²) < 4.78 is 5.34. The fourth-order valence-electron chi connectivity index (χ4n) is 3.42. The molecular weight excluding hydrogens is 232 g/mol. The lowest BCUT2D eigenvalue weighted by molar-refractivity contribution is -0.154. The molecule has 0 bridgehead atoms. The van der Waals surface area contributed by atoms with Crippen LogP contribution in [-0.4, -0.2) is 48.1 Å². The van der Waals surface area contributed by atoms with Crippen molar-refractivity contribution in [3.63, 3.8) is 0 Å². The first kappa shape index (κ1) is 12.0. The monoisotopic (exact) mass is 252 g/mol. The second kappa shape index (κ2) is 4.53. The van der Waals surface area contributed by atoms with Crippen LogP contribution in [0, 0.1) is 0 Å². The third-order valence-corrected chi connectivity index (χ3v) is 4.42. The molecule has 1 aliphatic carbocycles. The van der Waals surface area contributed by atoms with Gasteiger partial charge in [0, 0.05) is 6.61 Å². The number of ether oxygens (including phenoxy) is 1. The normalized spacial score (nSPS) is 31.8. The Kier molecular flexibility index (Phi) is 3.01. The minimum atomic E-state index is -0.601. The summed E-state index contributed by atoms with van der Waals surface area (Å²) in [5.41, 5.74) is -0.601. The molecule has 1 N–H and O–H groups in total. The molecule has 1 unspecified atom stereocenters. The fourth-order valence-corrected chi connectivity index (χ4v) is 3.42. The third kappa shape index (κ3) is 1.90. The first-order chi connectivity index (χ1) is 8.71. The summed E-state index contributed by atoms with van der Waals surface area (Å²) in [6.45, 7) is 1.48. The zero-order valence-corrected chi connectivity index (χ0v) is 10.6. The van der Waals surface area contributed by atoms with E-state index in [9.17, 15) is 9.59 Å².